The Kier molecular flexibility index (Phi) is 4.00. The Bertz CT molecular complexity index is 1020. The van der Waals surface area contributed by atoms with Gasteiger partial charge in [-0.15, -0.1) is 0 Å². The van der Waals surface area contributed by atoms with Crippen LogP contribution in [-0.2, 0) is 10.0 Å². The van der Waals surface area contributed by atoms with Gasteiger partial charge in [0.2, 0.25) is 0 Å². The van der Waals surface area contributed by atoms with Gasteiger partial charge in [0, 0.05) is 6.07 Å². The number of nitrogens with one attached hydrogen (secondary N) is 1. The molecule has 130 valence electrons. The number of aromatic nitrogens is 2. The second kappa shape index (κ2) is 6.19. The van der Waals surface area contributed by atoms with Crippen molar-refractivity contribution in [1.29, 1.82) is 0 Å². The molecule has 2 aromatic carbocycles. The first-order chi connectivity index (χ1) is 12.0. The number of aryl methyl sites for hydroxylation is 1. The molecule has 4 rings (SSSR count). The van der Waals surface area contributed by atoms with Gasteiger partial charge in [-0.1, -0.05) is 43.2 Å². The van der Waals surface area contributed by atoms with E-state index >= 15 is 0 Å². The first-order valence-corrected chi connectivity index (χ1v) is 10.1. The van der Waals surface area contributed by atoms with Crippen LogP contribution in [0.25, 0.3) is 10.8 Å². The molecule has 0 aliphatic heterocycles. The summed E-state index contributed by atoms with van der Waals surface area (Å²) in [5.41, 5.74) is 0.822. The Hall–Kier alpha value is -2.34. The predicted octanol–water partition coefficient (Wildman–Crippen LogP) is 4.26. The minimum Gasteiger partial charge on any atom is -0.264 e. The molecule has 3 aromatic rings. The molecule has 1 heterocycles. The van der Waals surface area contributed by atoms with Crippen molar-refractivity contribution in [2.24, 2.45) is 0 Å². The van der Waals surface area contributed by atoms with Crippen molar-refractivity contribution in [1.82, 2.24) is 9.78 Å². The van der Waals surface area contributed by atoms with Gasteiger partial charge < -0.3 is 0 Å². The van der Waals surface area contributed by atoms with Crippen molar-refractivity contribution < 1.29 is 8.42 Å². The van der Waals surface area contributed by atoms with Crippen LogP contribution in [0.2, 0.25) is 0 Å². The predicted molar refractivity (Wildman–Crippen MR) is 99.2 cm³/mol. The van der Waals surface area contributed by atoms with Crippen LogP contribution >= 0.6 is 0 Å². The molecule has 0 bridgehead atoms. The number of nitrogens with zero attached hydrogens (tertiary/aromatic N) is 2. The zero-order valence-corrected chi connectivity index (χ0v) is 15.0. The summed E-state index contributed by atoms with van der Waals surface area (Å²) in [6, 6.07) is 15.0. The number of rotatable bonds is 4. The van der Waals surface area contributed by atoms with E-state index in [2.05, 4.69) is 9.82 Å². The van der Waals surface area contributed by atoms with E-state index in [1.807, 2.05) is 41.9 Å². The van der Waals surface area contributed by atoms with E-state index in [-0.39, 0.29) is 10.9 Å². The zero-order valence-electron chi connectivity index (χ0n) is 14.1. The Morgan fingerprint density at radius 1 is 1.04 bits per heavy atom. The van der Waals surface area contributed by atoms with Crippen molar-refractivity contribution in [3.8, 4) is 0 Å². The Morgan fingerprint density at radius 3 is 2.52 bits per heavy atom. The molecule has 0 spiro atoms. The average molecular weight is 355 g/mol. The third-order valence-electron chi connectivity index (χ3n) is 4.80. The molecule has 1 aliphatic carbocycles. The molecule has 0 saturated heterocycles. The topological polar surface area (TPSA) is 64.0 Å². The molecule has 5 nitrogen and oxygen atoms in total. The molecule has 1 N–H and O–H groups in total. The Balaban J connectivity index is 1.69. The summed E-state index contributed by atoms with van der Waals surface area (Å²) in [5, 5.41) is 6.44. The van der Waals surface area contributed by atoms with E-state index in [4.69, 9.17) is 0 Å². The normalized spacial score (nSPS) is 15.7. The highest BCUT2D eigenvalue weighted by Gasteiger charge is 2.23. The van der Waals surface area contributed by atoms with Gasteiger partial charge in [-0.05, 0) is 42.7 Å². The van der Waals surface area contributed by atoms with Gasteiger partial charge in [-0.3, -0.25) is 4.72 Å². The summed E-state index contributed by atoms with van der Waals surface area (Å²) in [6.07, 6.45) is 4.43. The largest absolute Gasteiger partial charge is 0.264 e. The summed E-state index contributed by atoms with van der Waals surface area (Å²) < 4.78 is 30.3. The van der Waals surface area contributed by atoms with Gasteiger partial charge in [0.25, 0.3) is 10.0 Å². The number of benzene rings is 2. The lowest BCUT2D eigenvalue weighted by Crippen LogP contribution is -2.18. The van der Waals surface area contributed by atoms with Gasteiger partial charge in [0.05, 0.1) is 16.6 Å². The number of fused-ring (bicyclic) bond motifs is 1. The molecular weight excluding hydrogens is 334 g/mol. The zero-order chi connectivity index (χ0) is 17.4. The van der Waals surface area contributed by atoms with E-state index in [1.165, 1.54) is 12.8 Å². The second-order valence-electron chi connectivity index (χ2n) is 6.67. The van der Waals surface area contributed by atoms with E-state index in [1.54, 1.807) is 18.2 Å². The van der Waals surface area contributed by atoms with E-state index in [9.17, 15) is 8.42 Å². The fourth-order valence-corrected chi connectivity index (χ4v) is 4.63. The summed E-state index contributed by atoms with van der Waals surface area (Å²) in [5.74, 6) is 0.553. The number of anilines is 1. The lowest BCUT2D eigenvalue weighted by atomic mass is 10.1. The average Bonchev–Trinajstić information content (AvgIpc) is 3.23. The number of hydrogen-bond donors (Lipinski definition) is 1. The van der Waals surface area contributed by atoms with Gasteiger partial charge >= 0.3 is 0 Å². The maximum absolute atomic E-state index is 12.9. The summed E-state index contributed by atoms with van der Waals surface area (Å²) in [7, 11) is -3.65. The molecule has 1 fully saturated rings. The highest BCUT2D eigenvalue weighted by atomic mass is 32.2. The molecule has 0 radical (unpaired) electrons. The molecule has 0 atom stereocenters. The first kappa shape index (κ1) is 16.1. The van der Waals surface area contributed by atoms with Crippen LogP contribution in [0.4, 0.5) is 5.82 Å². The third kappa shape index (κ3) is 3.14. The quantitative estimate of drug-likeness (QED) is 0.760. The SMILES string of the molecule is Cc1cc(NS(=O)(=O)c2ccc3ccccc3c2)n(C2CCCC2)n1. The lowest BCUT2D eigenvalue weighted by molar-refractivity contribution is 0.471. The van der Waals surface area contributed by atoms with Gasteiger partial charge in [0.15, 0.2) is 0 Å². The highest BCUT2D eigenvalue weighted by Crippen LogP contribution is 2.32. The Morgan fingerprint density at radius 2 is 1.76 bits per heavy atom. The van der Waals surface area contributed by atoms with Gasteiger partial charge in [-0.2, -0.15) is 5.10 Å². The molecule has 25 heavy (non-hydrogen) atoms. The lowest BCUT2D eigenvalue weighted by Gasteiger charge is -2.15. The molecule has 0 unspecified atom stereocenters. The van der Waals surface area contributed by atoms with Crippen LogP contribution in [0.1, 0.15) is 37.4 Å². The molecule has 1 saturated carbocycles. The standard InChI is InChI=1S/C19H21N3O2S/c1-14-12-19(22(20-14)17-8-4-5-9-17)21-25(23,24)18-11-10-15-6-2-3-7-16(15)13-18/h2-3,6-7,10-13,17,21H,4-5,8-9H2,1H3. The molecule has 1 aliphatic rings. The minimum absolute atomic E-state index is 0.267. The summed E-state index contributed by atoms with van der Waals surface area (Å²) >= 11 is 0. The Labute approximate surface area is 147 Å². The maximum Gasteiger partial charge on any atom is 0.263 e. The number of hydrogen-bond acceptors (Lipinski definition) is 3. The molecule has 6 heteroatoms. The highest BCUT2D eigenvalue weighted by molar-refractivity contribution is 7.92. The fraction of sp³-hybridized carbons (Fsp3) is 0.316. The maximum atomic E-state index is 12.9. The van der Waals surface area contributed by atoms with Crippen molar-refractivity contribution in [3.05, 3.63) is 54.2 Å². The summed E-state index contributed by atoms with van der Waals surface area (Å²) in [6.45, 7) is 1.89. The van der Waals surface area contributed by atoms with Crippen LogP contribution < -0.4 is 4.72 Å². The minimum atomic E-state index is -3.65. The van der Waals surface area contributed by atoms with Crippen molar-refractivity contribution in [3.63, 3.8) is 0 Å². The molecular formula is C19H21N3O2S. The van der Waals surface area contributed by atoms with Crippen molar-refractivity contribution >= 4 is 26.6 Å². The van der Waals surface area contributed by atoms with Crippen LogP contribution in [0.3, 0.4) is 0 Å². The fourth-order valence-electron chi connectivity index (χ4n) is 3.55. The van der Waals surface area contributed by atoms with E-state index < -0.39 is 10.0 Å². The van der Waals surface area contributed by atoms with E-state index in [0.29, 0.717) is 5.82 Å². The first-order valence-electron chi connectivity index (χ1n) is 8.61. The van der Waals surface area contributed by atoms with Gasteiger partial charge in [-0.25, -0.2) is 13.1 Å². The number of sulfonamides is 1. The molecule has 0 amide bonds. The molecule has 1 aromatic heterocycles. The van der Waals surface area contributed by atoms with Crippen LogP contribution in [0, 0.1) is 6.92 Å². The van der Waals surface area contributed by atoms with Crippen LogP contribution in [0.5, 0.6) is 0 Å². The third-order valence-corrected chi connectivity index (χ3v) is 6.15. The van der Waals surface area contributed by atoms with Crippen LogP contribution in [0.15, 0.2) is 53.4 Å². The van der Waals surface area contributed by atoms with E-state index in [0.717, 1.165) is 29.3 Å². The van der Waals surface area contributed by atoms with Crippen molar-refractivity contribution in [2.45, 2.75) is 43.5 Å². The van der Waals surface area contributed by atoms with Crippen LogP contribution in [-0.4, -0.2) is 18.2 Å². The smallest absolute Gasteiger partial charge is 0.263 e. The monoisotopic (exact) mass is 355 g/mol. The van der Waals surface area contributed by atoms with Gasteiger partial charge in [0.1, 0.15) is 5.82 Å². The second-order valence-corrected chi connectivity index (χ2v) is 8.35. The summed E-state index contributed by atoms with van der Waals surface area (Å²) in [4.78, 5) is 0.267. The van der Waals surface area contributed by atoms with Crippen molar-refractivity contribution in [2.75, 3.05) is 4.72 Å².